The Morgan fingerprint density at radius 3 is 2.89 bits per heavy atom. The Morgan fingerprint density at radius 1 is 1.58 bits per heavy atom. The normalized spacial score (nSPS) is 31.4. The minimum atomic E-state index is -2.16. The molecule has 1 aliphatic heterocycles. The zero-order chi connectivity index (χ0) is 14.2. The van der Waals surface area contributed by atoms with Gasteiger partial charge in [-0.2, -0.15) is 4.39 Å². The molecule has 1 aromatic rings. The van der Waals surface area contributed by atoms with Crippen molar-refractivity contribution in [2.24, 2.45) is 0 Å². The highest BCUT2D eigenvalue weighted by Crippen LogP contribution is 2.28. The van der Waals surface area contributed by atoms with E-state index in [9.17, 15) is 24.2 Å². The fourth-order valence-corrected chi connectivity index (χ4v) is 2.05. The van der Waals surface area contributed by atoms with Gasteiger partial charge in [0.1, 0.15) is 12.2 Å². The number of nitrogens with one attached hydrogen (secondary N) is 1. The minimum absolute atomic E-state index is 0.0496. The number of halogens is 1. The van der Waals surface area contributed by atoms with Gasteiger partial charge in [-0.25, -0.2) is 4.79 Å². The Hall–Kier alpha value is -1.55. The fourth-order valence-electron chi connectivity index (χ4n) is 2.05. The lowest BCUT2D eigenvalue weighted by atomic mass is 9.95. The van der Waals surface area contributed by atoms with Crippen LogP contribution < -0.4 is 11.2 Å². The minimum Gasteiger partial charge on any atom is -0.394 e. The van der Waals surface area contributed by atoms with Crippen LogP contribution in [0, 0.1) is 5.82 Å². The summed E-state index contributed by atoms with van der Waals surface area (Å²) in [6, 6.07) is 0. The van der Waals surface area contributed by atoms with Gasteiger partial charge in [0.25, 0.3) is 5.56 Å². The second kappa shape index (κ2) is 4.85. The van der Waals surface area contributed by atoms with Crippen LogP contribution >= 0.6 is 0 Å². The molecule has 106 valence electrons. The van der Waals surface area contributed by atoms with Crippen LogP contribution in [-0.2, 0) is 10.5 Å². The van der Waals surface area contributed by atoms with E-state index >= 15 is 0 Å². The molecule has 0 unspecified atom stereocenters. The molecule has 0 aliphatic carbocycles. The maximum absolute atomic E-state index is 13.2. The number of aliphatic hydroxyl groups excluding tert-OH is 2. The van der Waals surface area contributed by atoms with Crippen LogP contribution in [-0.4, -0.2) is 50.3 Å². The summed E-state index contributed by atoms with van der Waals surface area (Å²) in [6.07, 6.45) is -2.44. The van der Waals surface area contributed by atoms with Crippen molar-refractivity contribution in [2.45, 2.75) is 24.4 Å². The summed E-state index contributed by atoms with van der Waals surface area (Å²) in [5.41, 5.74) is -4.44. The third kappa shape index (κ3) is 2.21. The van der Waals surface area contributed by atoms with Crippen molar-refractivity contribution in [3.8, 4) is 0 Å². The van der Waals surface area contributed by atoms with Gasteiger partial charge in [0.15, 0.2) is 5.72 Å². The number of rotatable bonds is 2. The number of nitrogens with zero attached hydrogens (tertiary/aromatic N) is 1. The molecule has 0 spiro atoms. The molecule has 0 aromatic carbocycles. The third-order valence-electron chi connectivity index (χ3n) is 3.12. The van der Waals surface area contributed by atoms with Gasteiger partial charge >= 0.3 is 5.69 Å². The first-order chi connectivity index (χ1) is 8.90. The highest BCUT2D eigenvalue weighted by molar-refractivity contribution is 4.97. The molecule has 1 aliphatic rings. The molecule has 4 N–H and O–H groups in total. The zero-order valence-corrected chi connectivity index (χ0v) is 9.74. The Kier molecular flexibility index (Phi) is 3.54. The van der Waals surface area contributed by atoms with Crippen molar-refractivity contribution in [2.75, 3.05) is 13.2 Å². The molecule has 3 atom stereocenters. The number of H-pyrrole nitrogens is 1. The Morgan fingerprint density at radius 2 is 2.26 bits per heavy atom. The van der Waals surface area contributed by atoms with E-state index in [0.29, 0.717) is 10.8 Å². The first-order valence-corrected chi connectivity index (χ1v) is 5.55. The summed E-state index contributed by atoms with van der Waals surface area (Å²) in [5.74, 6) is -1.27. The molecule has 2 rings (SSSR count). The van der Waals surface area contributed by atoms with Gasteiger partial charge in [0, 0.05) is 6.42 Å². The SMILES string of the molecule is O=c1[nH]c(=O)n([C@]2(O)CCO[C@H](CO)[C@H]2O)cc1F. The van der Waals surface area contributed by atoms with E-state index in [1.165, 1.54) is 0 Å². The summed E-state index contributed by atoms with van der Waals surface area (Å²) < 4.78 is 18.7. The maximum atomic E-state index is 13.2. The molecular formula is C10H13FN2O6. The monoisotopic (exact) mass is 276 g/mol. The number of hydrogen-bond acceptors (Lipinski definition) is 6. The standard InChI is InChI=1S/C10H13FN2O6/c11-5-3-13(9(17)12-8(5)16)10(18)1-2-19-6(4-14)7(10)15/h3,6-7,14-15,18H,1-2,4H2,(H,12,16,17)/t6-,7-,10+/m1/s1. The molecule has 0 amide bonds. The number of aliphatic hydroxyl groups is 3. The van der Waals surface area contributed by atoms with E-state index in [4.69, 9.17) is 9.84 Å². The molecular weight excluding hydrogens is 263 g/mol. The van der Waals surface area contributed by atoms with Crippen molar-refractivity contribution in [3.05, 3.63) is 32.9 Å². The van der Waals surface area contributed by atoms with Crippen LogP contribution in [0.15, 0.2) is 15.8 Å². The second-order valence-corrected chi connectivity index (χ2v) is 4.27. The van der Waals surface area contributed by atoms with Gasteiger partial charge in [-0.15, -0.1) is 0 Å². The van der Waals surface area contributed by atoms with Gasteiger partial charge in [-0.1, -0.05) is 0 Å². The second-order valence-electron chi connectivity index (χ2n) is 4.27. The molecule has 0 radical (unpaired) electrons. The highest BCUT2D eigenvalue weighted by atomic mass is 19.1. The zero-order valence-electron chi connectivity index (χ0n) is 9.74. The maximum Gasteiger partial charge on any atom is 0.330 e. The molecule has 19 heavy (non-hydrogen) atoms. The summed E-state index contributed by atoms with van der Waals surface area (Å²) in [7, 11) is 0. The molecule has 1 aromatic heterocycles. The number of aromatic nitrogens is 2. The van der Waals surface area contributed by atoms with Crippen LogP contribution in [0.4, 0.5) is 4.39 Å². The average Bonchev–Trinajstić information content (AvgIpc) is 2.37. The van der Waals surface area contributed by atoms with Crippen LogP contribution in [0.25, 0.3) is 0 Å². The van der Waals surface area contributed by atoms with Gasteiger partial charge in [0.05, 0.1) is 19.4 Å². The predicted molar refractivity (Wildman–Crippen MR) is 58.9 cm³/mol. The number of ether oxygens (including phenoxy) is 1. The predicted octanol–water partition coefficient (Wildman–Crippen LogP) is -2.54. The van der Waals surface area contributed by atoms with E-state index in [1.54, 1.807) is 4.98 Å². The van der Waals surface area contributed by atoms with E-state index in [1.807, 2.05) is 0 Å². The molecule has 0 bridgehead atoms. The lowest BCUT2D eigenvalue weighted by Crippen LogP contribution is -2.60. The summed E-state index contributed by atoms with van der Waals surface area (Å²) in [4.78, 5) is 24.2. The quantitative estimate of drug-likeness (QED) is 0.472. The molecule has 2 heterocycles. The highest BCUT2D eigenvalue weighted by Gasteiger charge is 2.46. The first kappa shape index (κ1) is 13.9. The van der Waals surface area contributed by atoms with Crippen LogP contribution in [0.5, 0.6) is 0 Å². The molecule has 1 saturated heterocycles. The van der Waals surface area contributed by atoms with E-state index in [2.05, 4.69) is 0 Å². The Bertz CT molecular complexity index is 584. The van der Waals surface area contributed by atoms with E-state index in [0.717, 1.165) is 0 Å². The van der Waals surface area contributed by atoms with Gasteiger partial charge in [-0.3, -0.25) is 14.3 Å². The van der Waals surface area contributed by atoms with Crippen LogP contribution in [0.3, 0.4) is 0 Å². The van der Waals surface area contributed by atoms with Crippen molar-refractivity contribution >= 4 is 0 Å². The van der Waals surface area contributed by atoms with Crippen molar-refractivity contribution < 1.29 is 24.4 Å². The lowest BCUT2D eigenvalue weighted by molar-refractivity contribution is -0.236. The van der Waals surface area contributed by atoms with Gasteiger partial charge in [0.2, 0.25) is 5.82 Å². The molecule has 1 fully saturated rings. The topological polar surface area (TPSA) is 125 Å². The smallest absolute Gasteiger partial charge is 0.330 e. The average molecular weight is 276 g/mol. The van der Waals surface area contributed by atoms with Crippen molar-refractivity contribution in [3.63, 3.8) is 0 Å². The Labute approximate surface area is 105 Å². The fraction of sp³-hybridized carbons (Fsp3) is 0.600. The van der Waals surface area contributed by atoms with E-state index in [-0.39, 0.29) is 13.0 Å². The largest absolute Gasteiger partial charge is 0.394 e. The summed E-state index contributed by atoms with van der Waals surface area (Å²) in [6.45, 7) is -0.629. The Balaban J connectivity index is 2.52. The van der Waals surface area contributed by atoms with Crippen molar-refractivity contribution in [1.82, 2.24) is 9.55 Å². The first-order valence-electron chi connectivity index (χ1n) is 5.55. The van der Waals surface area contributed by atoms with Crippen LogP contribution in [0.1, 0.15) is 6.42 Å². The summed E-state index contributed by atoms with van der Waals surface area (Å²) in [5, 5.41) is 29.3. The van der Waals surface area contributed by atoms with Gasteiger partial charge < -0.3 is 20.1 Å². The molecule has 9 heteroatoms. The lowest BCUT2D eigenvalue weighted by Gasteiger charge is -2.41. The number of hydrogen-bond donors (Lipinski definition) is 4. The third-order valence-corrected chi connectivity index (χ3v) is 3.12. The van der Waals surface area contributed by atoms with Crippen molar-refractivity contribution in [1.29, 1.82) is 0 Å². The molecule has 0 saturated carbocycles. The molecule has 8 nitrogen and oxygen atoms in total. The van der Waals surface area contributed by atoms with Crippen LogP contribution in [0.2, 0.25) is 0 Å². The summed E-state index contributed by atoms with van der Waals surface area (Å²) >= 11 is 0. The van der Waals surface area contributed by atoms with E-state index < -0.39 is 41.6 Å². The number of aromatic amines is 1. The van der Waals surface area contributed by atoms with Gasteiger partial charge in [-0.05, 0) is 0 Å².